The molecule has 4 amide bonds. The summed E-state index contributed by atoms with van der Waals surface area (Å²) in [6, 6.07) is 6.13. The lowest BCUT2D eigenvalue weighted by Crippen LogP contribution is -2.65. The third-order valence-electron chi connectivity index (χ3n) is 7.72. The van der Waals surface area contributed by atoms with E-state index in [4.69, 9.17) is 16.3 Å². The number of nitriles is 1. The summed E-state index contributed by atoms with van der Waals surface area (Å²) >= 11 is 6.51. The molecule has 1 aliphatic heterocycles. The van der Waals surface area contributed by atoms with Gasteiger partial charge in [-0.2, -0.15) is 5.26 Å². The van der Waals surface area contributed by atoms with E-state index in [-0.39, 0.29) is 23.7 Å². The normalized spacial score (nSPS) is 17.7. The first-order valence-corrected chi connectivity index (χ1v) is 15.6. The molecule has 2 atom stereocenters. The molecule has 3 aromatic rings. The summed E-state index contributed by atoms with van der Waals surface area (Å²) in [5, 5.41) is 11.9. The number of rotatable bonds is 7. The Hall–Kier alpha value is -5.30. The minimum Gasteiger partial charge on any atom is -0.444 e. The van der Waals surface area contributed by atoms with Crippen molar-refractivity contribution in [3.05, 3.63) is 82.6 Å². The number of nitrogens with one attached hydrogen (secondary N) is 1. The molecule has 51 heavy (non-hydrogen) atoms. The van der Waals surface area contributed by atoms with E-state index in [1.807, 2.05) is 0 Å². The highest BCUT2D eigenvalue weighted by Gasteiger charge is 2.49. The van der Waals surface area contributed by atoms with E-state index in [2.05, 4.69) is 15.3 Å². The summed E-state index contributed by atoms with van der Waals surface area (Å²) in [5.74, 6) is -8.86. The van der Waals surface area contributed by atoms with Crippen molar-refractivity contribution in [2.45, 2.75) is 70.7 Å². The maximum absolute atomic E-state index is 15.0. The van der Waals surface area contributed by atoms with Gasteiger partial charge in [0.2, 0.25) is 17.8 Å². The van der Waals surface area contributed by atoms with Crippen molar-refractivity contribution in [3.8, 4) is 6.07 Å². The monoisotopic (exact) mass is 731 g/mol. The second-order valence-corrected chi connectivity index (χ2v) is 13.1. The maximum atomic E-state index is 15.0. The number of hydrogen-bond donors (Lipinski definition) is 1. The number of aromatic nitrogens is 2. The van der Waals surface area contributed by atoms with Gasteiger partial charge in [0.25, 0.3) is 11.8 Å². The number of hydrogen-bond acceptors (Lipinski definition) is 8. The Balaban J connectivity index is 0.00000583. The zero-order valence-corrected chi connectivity index (χ0v) is 27.6. The summed E-state index contributed by atoms with van der Waals surface area (Å²) in [6.07, 6.45) is -1.22. The molecule has 17 heteroatoms. The number of nitrogens with zero attached hydrogens (tertiary/aromatic N) is 6. The fraction of sp³-hybridized carbons (Fsp3) is 0.382. The first-order chi connectivity index (χ1) is 23.5. The van der Waals surface area contributed by atoms with E-state index in [0.717, 1.165) is 28.1 Å². The predicted octanol–water partition coefficient (Wildman–Crippen LogP) is 5.56. The molecule has 2 aromatic carbocycles. The number of benzene rings is 2. The zero-order valence-electron chi connectivity index (χ0n) is 26.9. The van der Waals surface area contributed by atoms with Crippen molar-refractivity contribution in [3.63, 3.8) is 0 Å². The van der Waals surface area contributed by atoms with Gasteiger partial charge in [0, 0.05) is 41.7 Å². The molecule has 1 saturated carbocycles. The van der Waals surface area contributed by atoms with Crippen LogP contribution in [0.3, 0.4) is 0 Å². The molecule has 1 saturated heterocycles. The Bertz CT molecular complexity index is 1860. The first kappa shape index (κ1) is 38.5. The number of piperazine rings is 1. The third kappa shape index (κ3) is 8.72. The molecule has 1 aromatic heterocycles. The third-order valence-corrected chi connectivity index (χ3v) is 8.06. The molecule has 1 N–H and O–H groups in total. The van der Waals surface area contributed by atoms with Crippen LogP contribution in [-0.2, 0) is 19.1 Å². The van der Waals surface area contributed by atoms with E-state index in [1.165, 1.54) is 30.3 Å². The highest BCUT2D eigenvalue weighted by Crippen LogP contribution is 2.39. The Morgan fingerprint density at radius 1 is 1.12 bits per heavy atom. The summed E-state index contributed by atoms with van der Waals surface area (Å²) in [5.41, 5.74) is -1.77. The number of alkyl halides is 2. The SMILES string of the molecule is C.CC(C)(C)OC(=O)N1CC(=O)N(c2nccc(C#N)n2)[C@H](C(=O)N(c2cc(F)cc(F)c2)[C@H](C(=O)NC2CC(F)(F)C2)c2ccccc2Cl)C1. The quantitative estimate of drug-likeness (QED) is 0.311. The van der Waals surface area contributed by atoms with Crippen LogP contribution in [0.5, 0.6) is 0 Å². The van der Waals surface area contributed by atoms with Gasteiger partial charge in [0.1, 0.15) is 47.6 Å². The van der Waals surface area contributed by atoms with E-state index in [9.17, 15) is 37.2 Å². The van der Waals surface area contributed by atoms with Gasteiger partial charge >= 0.3 is 6.09 Å². The fourth-order valence-electron chi connectivity index (χ4n) is 5.58. The lowest BCUT2D eigenvalue weighted by molar-refractivity contribution is -0.133. The molecular weight excluding hydrogens is 698 g/mol. The van der Waals surface area contributed by atoms with Gasteiger partial charge in [-0.05, 0) is 45.0 Å². The molecule has 2 fully saturated rings. The largest absolute Gasteiger partial charge is 0.444 e. The van der Waals surface area contributed by atoms with Gasteiger partial charge in [-0.25, -0.2) is 32.3 Å². The van der Waals surface area contributed by atoms with E-state index in [0.29, 0.717) is 11.0 Å². The summed E-state index contributed by atoms with van der Waals surface area (Å²) < 4.78 is 62.7. The van der Waals surface area contributed by atoms with Crippen molar-refractivity contribution in [1.82, 2.24) is 20.2 Å². The average Bonchev–Trinajstić information content (AvgIpc) is 3.01. The standard InChI is InChI=1S/C33H30ClF4N7O5.CH4/c1-32(2,3)50-31(49)43-16-25(45(26(46)17-43)30-40-9-8-20(15-39)42-30)29(48)44(22-11-18(35)10-19(36)12-22)27(23-6-4-5-7-24(23)34)28(47)41-21-13-33(37,38)14-21;/h4-12,21,25,27H,13-14,16-17H2,1-3H3,(H,41,47);1H4/t25-,27-;/m0./s1. The van der Waals surface area contributed by atoms with Crippen LogP contribution >= 0.6 is 11.6 Å². The maximum Gasteiger partial charge on any atom is 0.410 e. The van der Waals surface area contributed by atoms with Crippen LogP contribution in [-0.4, -0.2) is 75.4 Å². The molecule has 2 heterocycles. The van der Waals surface area contributed by atoms with E-state index < -0.39 is 103 Å². The molecular formula is C34H34ClF4N7O5. The van der Waals surface area contributed by atoms with Crippen molar-refractivity contribution >= 4 is 47.1 Å². The second kappa shape index (κ2) is 14.9. The van der Waals surface area contributed by atoms with Gasteiger partial charge in [-0.3, -0.25) is 29.1 Å². The number of carbonyl (C=O) groups is 4. The molecule has 2 aliphatic rings. The topological polar surface area (TPSA) is 149 Å². The molecule has 5 rings (SSSR count). The Kier molecular flexibility index (Phi) is 11.2. The zero-order chi connectivity index (χ0) is 36.5. The van der Waals surface area contributed by atoms with Crippen LogP contribution in [0, 0.1) is 23.0 Å². The lowest BCUT2D eigenvalue weighted by Gasteiger charge is -2.43. The Morgan fingerprint density at radius 3 is 2.35 bits per heavy atom. The van der Waals surface area contributed by atoms with Gasteiger partial charge in [-0.15, -0.1) is 0 Å². The van der Waals surface area contributed by atoms with Gasteiger partial charge < -0.3 is 10.1 Å². The minimum absolute atomic E-state index is 0. The second-order valence-electron chi connectivity index (χ2n) is 12.7. The number of halogens is 5. The highest BCUT2D eigenvalue weighted by atomic mass is 35.5. The minimum atomic E-state index is -3.04. The van der Waals surface area contributed by atoms with Gasteiger partial charge in [-0.1, -0.05) is 37.2 Å². The van der Waals surface area contributed by atoms with Crippen LogP contribution in [0.15, 0.2) is 54.7 Å². The molecule has 270 valence electrons. The molecule has 12 nitrogen and oxygen atoms in total. The van der Waals surface area contributed by atoms with E-state index in [1.54, 1.807) is 26.8 Å². The highest BCUT2D eigenvalue weighted by molar-refractivity contribution is 6.31. The van der Waals surface area contributed by atoms with Crippen LogP contribution in [0.25, 0.3) is 0 Å². The van der Waals surface area contributed by atoms with Crippen LogP contribution in [0.2, 0.25) is 5.02 Å². The number of carbonyl (C=O) groups excluding carboxylic acids is 4. The summed E-state index contributed by atoms with van der Waals surface area (Å²) in [7, 11) is 0. The summed E-state index contributed by atoms with van der Waals surface area (Å²) in [6.45, 7) is 3.52. The fourth-order valence-corrected chi connectivity index (χ4v) is 5.82. The molecule has 0 radical (unpaired) electrons. The van der Waals surface area contributed by atoms with Crippen molar-refractivity contribution in [2.75, 3.05) is 22.9 Å². The molecule has 1 aliphatic carbocycles. The smallest absolute Gasteiger partial charge is 0.410 e. The molecule has 0 bridgehead atoms. The van der Waals surface area contributed by atoms with Gasteiger partial charge in [0.05, 0.1) is 12.2 Å². The number of anilines is 2. The molecule has 0 unspecified atom stereocenters. The van der Waals surface area contributed by atoms with E-state index >= 15 is 4.79 Å². The van der Waals surface area contributed by atoms with Crippen LogP contribution < -0.4 is 15.1 Å². The van der Waals surface area contributed by atoms with Crippen molar-refractivity contribution in [2.24, 2.45) is 0 Å². The van der Waals surface area contributed by atoms with Crippen molar-refractivity contribution < 1.29 is 41.5 Å². The average molecular weight is 732 g/mol. The van der Waals surface area contributed by atoms with Crippen LogP contribution in [0.1, 0.15) is 58.3 Å². The number of amides is 4. The molecule has 0 spiro atoms. The van der Waals surface area contributed by atoms with Crippen molar-refractivity contribution in [1.29, 1.82) is 5.26 Å². The Labute approximate surface area is 295 Å². The van der Waals surface area contributed by atoms with Crippen LogP contribution in [0.4, 0.5) is 34.0 Å². The first-order valence-electron chi connectivity index (χ1n) is 15.2. The predicted molar refractivity (Wildman–Crippen MR) is 177 cm³/mol. The Morgan fingerprint density at radius 2 is 1.76 bits per heavy atom. The summed E-state index contributed by atoms with van der Waals surface area (Å²) in [4.78, 5) is 66.6. The van der Waals surface area contributed by atoms with Gasteiger partial charge in [0.15, 0.2) is 0 Å². The lowest BCUT2D eigenvalue weighted by atomic mass is 9.87. The number of ether oxygens (including phenoxy) is 1.